The minimum atomic E-state index is -0.503. The molecule has 6 heteroatoms. The van der Waals surface area contributed by atoms with Crippen LogP contribution in [0, 0.1) is 5.92 Å². The van der Waals surface area contributed by atoms with Gasteiger partial charge in [-0.3, -0.25) is 19.9 Å². The highest BCUT2D eigenvalue weighted by Gasteiger charge is 2.36. The fourth-order valence-electron chi connectivity index (χ4n) is 3.54. The maximum atomic E-state index is 11.4. The number of pyridine rings is 1. The van der Waals surface area contributed by atoms with Gasteiger partial charge in [-0.1, -0.05) is 0 Å². The molecule has 1 aromatic rings. The van der Waals surface area contributed by atoms with Crippen LogP contribution in [0.5, 0.6) is 0 Å². The molecule has 2 atom stereocenters. The molecule has 1 aliphatic heterocycles. The first-order chi connectivity index (χ1) is 10.7. The van der Waals surface area contributed by atoms with E-state index in [9.17, 15) is 4.79 Å². The van der Waals surface area contributed by atoms with Gasteiger partial charge in [0, 0.05) is 39.0 Å². The summed E-state index contributed by atoms with van der Waals surface area (Å²) in [6.07, 6.45) is 6.13. The Morgan fingerprint density at radius 2 is 2.41 bits per heavy atom. The fourth-order valence-corrected chi connectivity index (χ4v) is 3.54. The van der Waals surface area contributed by atoms with Gasteiger partial charge >= 0.3 is 0 Å². The topological polar surface area (TPSA) is 74.7 Å². The molecule has 3 rings (SSSR count). The Morgan fingerprint density at radius 1 is 1.55 bits per heavy atom. The second-order valence-corrected chi connectivity index (χ2v) is 6.18. The smallest absolute Gasteiger partial charge is 0.276 e. The van der Waals surface area contributed by atoms with Crippen LogP contribution in [0.1, 0.15) is 40.9 Å². The summed E-state index contributed by atoms with van der Waals surface area (Å²) < 4.78 is 5.20. The zero-order valence-corrected chi connectivity index (χ0v) is 12.9. The van der Waals surface area contributed by atoms with Gasteiger partial charge in [-0.2, -0.15) is 0 Å². The number of aromatic nitrogens is 1. The number of ether oxygens (including phenoxy) is 1. The standard InChI is InChI=1S/C16H23N3O3/c1-22-7-5-11-2-3-15(11)19-6-4-12-8-13(16(20)18-21)9-17-14(12)10-19/h8-9,11,15,21H,2-7,10H2,1H3,(H,18,20)/t11?,15-/m1/s1. The highest BCUT2D eigenvalue weighted by molar-refractivity contribution is 5.93. The SMILES string of the molecule is COCCC1CC[C@H]1N1CCc2cc(C(=O)NO)cnc2C1. The summed E-state index contributed by atoms with van der Waals surface area (Å²) in [5, 5.41) is 8.70. The van der Waals surface area contributed by atoms with E-state index < -0.39 is 5.91 Å². The monoisotopic (exact) mass is 305 g/mol. The van der Waals surface area contributed by atoms with Gasteiger partial charge in [0.2, 0.25) is 0 Å². The maximum absolute atomic E-state index is 11.4. The molecule has 0 radical (unpaired) electrons. The number of carbonyl (C=O) groups is 1. The third kappa shape index (κ3) is 2.99. The van der Waals surface area contributed by atoms with E-state index in [1.165, 1.54) is 19.0 Å². The van der Waals surface area contributed by atoms with Crippen LogP contribution in [0.25, 0.3) is 0 Å². The fraction of sp³-hybridized carbons (Fsp3) is 0.625. The molecular formula is C16H23N3O3. The van der Waals surface area contributed by atoms with Gasteiger partial charge in [0.05, 0.1) is 11.3 Å². The van der Waals surface area contributed by atoms with E-state index in [1.54, 1.807) is 12.6 Å². The summed E-state index contributed by atoms with van der Waals surface area (Å²) in [6.45, 7) is 2.70. The molecule has 1 saturated carbocycles. The third-order valence-electron chi connectivity index (χ3n) is 4.98. The molecule has 1 unspecified atom stereocenters. The van der Waals surface area contributed by atoms with E-state index >= 15 is 0 Å². The minimum Gasteiger partial charge on any atom is -0.385 e. The van der Waals surface area contributed by atoms with E-state index in [0.29, 0.717) is 11.6 Å². The van der Waals surface area contributed by atoms with Crippen molar-refractivity contribution in [3.05, 3.63) is 29.1 Å². The number of fused-ring (bicyclic) bond motifs is 1. The first-order valence-electron chi connectivity index (χ1n) is 7.88. The average molecular weight is 305 g/mol. The summed E-state index contributed by atoms with van der Waals surface area (Å²) in [4.78, 5) is 18.4. The molecule has 22 heavy (non-hydrogen) atoms. The van der Waals surface area contributed by atoms with Crippen molar-refractivity contribution in [2.45, 2.75) is 38.3 Å². The Balaban J connectivity index is 1.65. The minimum absolute atomic E-state index is 0.413. The zero-order chi connectivity index (χ0) is 15.5. The van der Waals surface area contributed by atoms with Crippen LogP contribution in [0.15, 0.2) is 12.3 Å². The lowest BCUT2D eigenvalue weighted by Crippen LogP contribution is -2.49. The van der Waals surface area contributed by atoms with E-state index in [0.717, 1.165) is 49.7 Å². The van der Waals surface area contributed by atoms with Crippen molar-refractivity contribution in [3.8, 4) is 0 Å². The van der Waals surface area contributed by atoms with E-state index in [4.69, 9.17) is 9.94 Å². The molecular weight excluding hydrogens is 282 g/mol. The molecule has 2 N–H and O–H groups in total. The van der Waals surface area contributed by atoms with Crippen molar-refractivity contribution in [1.82, 2.24) is 15.4 Å². The van der Waals surface area contributed by atoms with E-state index in [-0.39, 0.29) is 0 Å². The molecule has 1 aliphatic carbocycles. The Morgan fingerprint density at radius 3 is 3.09 bits per heavy atom. The molecule has 1 fully saturated rings. The van der Waals surface area contributed by atoms with E-state index in [2.05, 4.69) is 9.88 Å². The number of hydroxylamine groups is 1. The van der Waals surface area contributed by atoms with Gasteiger partial charge in [-0.25, -0.2) is 5.48 Å². The van der Waals surface area contributed by atoms with Crippen molar-refractivity contribution < 1.29 is 14.7 Å². The average Bonchev–Trinajstić information content (AvgIpc) is 2.53. The van der Waals surface area contributed by atoms with Crippen LogP contribution in [0.2, 0.25) is 0 Å². The van der Waals surface area contributed by atoms with Gasteiger partial charge in [0.25, 0.3) is 5.91 Å². The van der Waals surface area contributed by atoms with Crippen molar-refractivity contribution >= 4 is 5.91 Å². The molecule has 2 aliphatic rings. The maximum Gasteiger partial charge on any atom is 0.276 e. The molecule has 120 valence electrons. The first-order valence-corrected chi connectivity index (χ1v) is 7.88. The van der Waals surface area contributed by atoms with Crippen molar-refractivity contribution in [1.29, 1.82) is 0 Å². The summed E-state index contributed by atoms with van der Waals surface area (Å²) in [7, 11) is 1.76. The lowest BCUT2D eigenvalue weighted by Gasteiger charge is -2.46. The number of nitrogens with zero attached hydrogens (tertiary/aromatic N) is 2. The number of amides is 1. The Labute approximate surface area is 130 Å². The second kappa shape index (κ2) is 6.73. The highest BCUT2D eigenvalue weighted by atomic mass is 16.5. The lowest BCUT2D eigenvalue weighted by atomic mass is 9.76. The summed E-state index contributed by atoms with van der Waals surface area (Å²) in [5.74, 6) is 0.234. The van der Waals surface area contributed by atoms with Gasteiger partial charge in [-0.15, -0.1) is 0 Å². The molecule has 6 nitrogen and oxygen atoms in total. The van der Waals surface area contributed by atoms with Gasteiger partial charge < -0.3 is 4.74 Å². The molecule has 0 saturated heterocycles. The van der Waals surface area contributed by atoms with E-state index in [1.807, 2.05) is 6.07 Å². The molecule has 1 aromatic heterocycles. The quantitative estimate of drug-likeness (QED) is 0.635. The summed E-state index contributed by atoms with van der Waals surface area (Å²) in [5.41, 5.74) is 4.24. The van der Waals surface area contributed by atoms with Crippen molar-refractivity contribution in [2.75, 3.05) is 20.3 Å². The number of methoxy groups -OCH3 is 1. The zero-order valence-electron chi connectivity index (χ0n) is 12.9. The molecule has 0 aromatic carbocycles. The largest absolute Gasteiger partial charge is 0.385 e. The molecule has 0 spiro atoms. The predicted octanol–water partition coefficient (Wildman–Crippen LogP) is 1.37. The summed E-state index contributed by atoms with van der Waals surface area (Å²) >= 11 is 0. The third-order valence-corrected chi connectivity index (χ3v) is 4.98. The van der Waals surface area contributed by atoms with Crippen LogP contribution in [-0.4, -0.2) is 47.3 Å². The number of nitrogens with one attached hydrogen (secondary N) is 1. The van der Waals surface area contributed by atoms with Crippen LogP contribution in [-0.2, 0) is 17.7 Å². The lowest BCUT2D eigenvalue weighted by molar-refractivity contribution is 0.0307. The molecule has 1 amide bonds. The number of carbonyl (C=O) groups excluding carboxylic acids is 1. The van der Waals surface area contributed by atoms with Crippen LogP contribution < -0.4 is 5.48 Å². The highest BCUT2D eigenvalue weighted by Crippen LogP contribution is 2.36. The molecule has 2 heterocycles. The molecule has 0 bridgehead atoms. The number of hydrogen-bond donors (Lipinski definition) is 2. The van der Waals surface area contributed by atoms with Gasteiger partial charge in [0.15, 0.2) is 0 Å². The number of hydrogen-bond acceptors (Lipinski definition) is 5. The van der Waals surface area contributed by atoms with Gasteiger partial charge in [-0.05, 0) is 43.2 Å². The van der Waals surface area contributed by atoms with Crippen LogP contribution in [0.3, 0.4) is 0 Å². The van der Waals surface area contributed by atoms with Crippen LogP contribution >= 0.6 is 0 Å². The summed E-state index contributed by atoms with van der Waals surface area (Å²) in [6, 6.07) is 2.49. The van der Waals surface area contributed by atoms with Gasteiger partial charge in [0.1, 0.15) is 0 Å². The normalized spacial score (nSPS) is 24.5. The Hall–Kier alpha value is -1.50. The first kappa shape index (κ1) is 15.4. The Kier molecular flexibility index (Phi) is 4.71. The number of rotatable bonds is 5. The van der Waals surface area contributed by atoms with Crippen molar-refractivity contribution in [2.24, 2.45) is 5.92 Å². The second-order valence-electron chi connectivity index (χ2n) is 6.18. The Bertz CT molecular complexity index is 549. The van der Waals surface area contributed by atoms with Crippen LogP contribution in [0.4, 0.5) is 0 Å². The predicted molar refractivity (Wildman–Crippen MR) is 80.6 cm³/mol. The van der Waals surface area contributed by atoms with Crippen molar-refractivity contribution in [3.63, 3.8) is 0 Å².